The van der Waals surface area contributed by atoms with Crippen molar-refractivity contribution in [1.82, 2.24) is 24.6 Å². The second-order valence-corrected chi connectivity index (χ2v) is 8.77. The Morgan fingerprint density at radius 2 is 2.10 bits per heavy atom. The number of halogens is 2. The number of hydrogen-bond acceptors (Lipinski definition) is 3. The summed E-state index contributed by atoms with van der Waals surface area (Å²) in [7, 11) is 1.76. The predicted molar refractivity (Wildman–Crippen MR) is 115 cm³/mol. The summed E-state index contributed by atoms with van der Waals surface area (Å²) < 4.78 is 2.17. The highest BCUT2D eigenvalue weighted by atomic mass is 35.5. The predicted octanol–water partition coefficient (Wildman–Crippen LogP) is 3.55. The number of likely N-dealkylation sites (tertiary alicyclic amines) is 1. The first kappa shape index (κ1) is 19.5. The zero-order chi connectivity index (χ0) is 21.0. The zero-order valence-electron chi connectivity index (χ0n) is 16.5. The van der Waals surface area contributed by atoms with Crippen LogP contribution in [0.25, 0.3) is 22.0 Å². The third-order valence-electron chi connectivity index (χ3n) is 6.23. The number of benzene rings is 1. The third-order valence-corrected chi connectivity index (χ3v) is 7.03. The molecule has 1 aromatic carbocycles. The van der Waals surface area contributed by atoms with Gasteiger partial charge in [0.25, 0.3) is 0 Å². The van der Waals surface area contributed by atoms with E-state index in [1.807, 2.05) is 17.2 Å². The highest BCUT2D eigenvalue weighted by Crippen LogP contribution is 2.42. The van der Waals surface area contributed by atoms with E-state index in [0.717, 1.165) is 27.7 Å². The molecular formula is C21H21Cl2N5O2. The topological polar surface area (TPSA) is 74.2 Å². The average Bonchev–Trinajstić information content (AvgIpc) is 3.37. The normalized spacial score (nSPS) is 19.4. The van der Waals surface area contributed by atoms with E-state index in [-0.39, 0.29) is 17.7 Å². The fourth-order valence-corrected chi connectivity index (χ4v) is 5.11. The summed E-state index contributed by atoms with van der Waals surface area (Å²) in [6.07, 6.45) is 4.66. The average molecular weight is 446 g/mol. The van der Waals surface area contributed by atoms with Crippen molar-refractivity contribution in [2.75, 3.05) is 20.1 Å². The van der Waals surface area contributed by atoms with Crippen LogP contribution in [0.1, 0.15) is 18.5 Å². The molecule has 4 heterocycles. The molecule has 0 radical (unpaired) electrons. The van der Waals surface area contributed by atoms with Gasteiger partial charge in [-0.25, -0.2) is 0 Å². The van der Waals surface area contributed by atoms with Gasteiger partial charge in [-0.1, -0.05) is 29.3 Å². The fourth-order valence-electron chi connectivity index (χ4n) is 4.69. The number of amides is 2. The van der Waals surface area contributed by atoms with Crippen molar-refractivity contribution >= 4 is 45.9 Å². The maximum Gasteiger partial charge on any atom is 0.227 e. The number of hydrogen-bond donors (Lipinski definition) is 1. The van der Waals surface area contributed by atoms with Gasteiger partial charge in [-0.15, -0.1) is 0 Å². The van der Waals surface area contributed by atoms with Gasteiger partial charge >= 0.3 is 0 Å². The van der Waals surface area contributed by atoms with Crippen LogP contribution in [0.4, 0.5) is 0 Å². The van der Waals surface area contributed by atoms with Crippen LogP contribution in [0, 0.1) is 5.92 Å². The summed E-state index contributed by atoms with van der Waals surface area (Å²) in [6, 6.07) is 3.78. The fraction of sp³-hybridized carbons (Fsp3) is 0.381. The van der Waals surface area contributed by atoms with E-state index in [1.54, 1.807) is 24.2 Å². The zero-order valence-corrected chi connectivity index (χ0v) is 18.0. The second kappa shape index (κ2) is 7.32. The van der Waals surface area contributed by atoms with Crippen molar-refractivity contribution in [2.24, 2.45) is 5.92 Å². The van der Waals surface area contributed by atoms with E-state index < -0.39 is 0 Å². The number of nitrogens with zero attached hydrogens (tertiary/aromatic N) is 4. The minimum atomic E-state index is -0.154. The second-order valence-electron chi connectivity index (χ2n) is 7.99. The first-order chi connectivity index (χ1) is 14.5. The molecule has 30 heavy (non-hydrogen) atoms. The summed E-state index contributed by atoms with van der Waals surface area (Å²) in [4.78, 5) is 28.6. The number of piperidine rings is 1. The minimum Gasteiger partial charge on any atom is -0.345 e. The van der Waals surface area contributed by atoms with Gasteiger partial charge in [0.1, 0.15) is 0 Å². The van der Waals surface area contributed by atoms with Crippen molar-refractivity contribution < 1.29 is 9.59 Å². The largest absolute Gasteiger partial charge is 0.345 e. The molecule has 0 spiro atoms. The van der Waals surface area contributed by atoms with Gasteiger partial charge in [0.05, 0.1) is 34.2 Å². The molecule has 5 rings (SSSR count). The molecule has 3 aromatic rings. The molecule has 1 unspecified atom stereocenters. The van der Waals surface area contributed by atoms with Gasteiger partial charge in [-0.2, -0.15) is 5.10 Å². The molecule has 2 aliphatic heterocycles. The van der Waals surface area contributed by atoms with Crippen LogP contribution in [0.5, 0.6) is 0 Å². The number of aromatic nitrogens is 3. The molecular weight excluding hydrogens is 425 g/mol. The Morgan fingerprint density at radius 1 is 1.27 bits per heavy atom. The Kier molecular flexibility index (Phi) is 4.75. The maximum atomic E-state index is 13.3. The van der Waals surface area contributed by atoms with Crippen LogP contribution in [0.3, 0.4) is 0 Å². The standard InChI is InChI=1S/C21H21Cl2N5O2/c1-26-10-12(2-5-17(26)29)21(30)27-6-7-28-16(11-27)18(13-8-24-25-9-13)14-3-4-15(22)19(23)20(14)28/h3-4,8-9,12H,2,5-7,10-11H2,1H3,(H,24,25). The molecule has 2 amide bonds. The monoisotopic (exact) mass is 445 g/mol. The quantitative estimate of drug-likeness (QED) is 0.655. The van der Waals surface area contributed by atoms with E-state index in [4.69, 9.17) is 23.2 Å². The molecule has 7 nitrogen and oxygen atoms in total. The SMILES string of the molecule is CN1CC(C(=O)N2CCn3c(c(-c4cn[nH]c4)c4ccc(Cl)c(Cl)c43)C2)CCC1=O. The van der Waals surface area contributed by atoms with Crippen LogP contribution >= 0.6 is 23.2 Å². The highest BCUT2D eigenvalue weighted by Gasteiger charge is 2.34. The number of fused-ring (bicyclic) bond motifs is 3. The van der Waals surface area contributed by atoms with Gasteiger partial charge in [-0.05, 0) is 12.5 Å². The molecule has 156 valence electrons. The van der Waals surface area contributed by atoms with E-state index >= 15 is 0 Å². The number of H-pyrrole nitrogens is 1. The highest BCUT2D eigenvalue weighted by molar-refractivity contribution is 6.45. The first-order valence-corrected chi connectivity index (χ1v) is 10.7. The van der Waals surface area contributed by atoms with E-state index in [2.05, 4.69) is 14.8 Å². The molecule has 9 heteroatoms. The van der Waals surface area contributed by atoms with Gasteiger partial charge in [0.15, 0.2) is 0 Å². The number of rotatable bonds is 2. The maximum absolute atomic E-state index is 13.3. The van der Waals surface area contributed by atoms with Gasteiger partial charge in [0.2, 0.25) is 11.8 Å². The van der Waals surface area contributed by atoms with E-state index in [1.165, 1.54) is 0 Å². The van der Waals surface area contributed by atoms with Gasteiger partial charge in [-0.3, -0.25) is 14.7 Å². The van der Waals surface area contributed by atoms with Crippen LogP contribution in [0.2, 0.25) is 10.0 Å². The van der Waals surface area contributed by atoms with Crippen LogP contribution in [-0.2, 0) is 22.7 Å². The molecule has 0 aliphatic carbocycles. The first-order valence-electron chi connectivity index (χ1n) is 9.96. The van der Waals surface area contributed by atoms with Gasteiger partial charge in [0, 0.05) is 61.5 Å². The Balaban J connectivity index is 1.55. The smallest absolute Gasteiger partial charge is 0.227 e. The summed E-state index contributed by atoms with van der Waals surface area (Å²) in [5, 5.41) is 9.01. The molecule has 0 saturated carbocycles. The van der Waals surface area contributed by atoms with Crippen LogP contribution in [0.15, 0.2) is 24.5 Å². The molecule has 1 saturated heterocycles. The van der Waals surface area contributed by atoms with Crippen molar-refractivity contribution in [3.8, 4) is 11.1 Å². The molecule has 2 aliphatic rings. The van der Waals surface area contributed by atoms with Gasteiger partial charge < -0.3 is 14.4 Å². The lowest BCUT2D eigenvalue weighted by Crippen LogP contribution is -2.47. The Bertz CT molecular complexity index is 1150. The summed E-state index contributed by atoms with van der Waals surface area (Å²) in [5.74, 6) is 0.0544. The van der Waals surface area contributed by atoms with E-state index in [9.17, 15) is 9.59 Å². The van der Waals surface area contributed by atoms with Crippen molar-refractivity contribution in [3.05, 3.63) is 40.3 Å². The Labute approximate surface area is 183 Å². The molecule has 1 N–H and O–H groups in total. The number of aromatic amines is 1. The van der Waals surface area contributed by atoms with Crippen molar-refractivity contribution in [1.29, 1.82) is 0 Å². The molecule has 2 aromatic heterocycles. The Morgan fingerprint density at radius 3 is 2.83 bits per heavy atom. The lowest BCUT2D eigenvalue weighted by molar-refractivity contribution is -0.143. The van der Waals surface area contributed by atoms with Crippen molar-refractivity contribution in [2.45, 2.75) is 25.9 Å². The van der Waals surface area contributed by atoms with E-state index in [0.29, 0.717) is 49.1 Å². The lowest BCUT2D eigenvalue weighted by atomic mass is 9.96. The third kappa shape index (κ3) is 2.99. The minimum absolute atomic E-state index is 0.103. The number of nitrogens with one attached hydrogen (secondary N) is 1. The van der Waals surface area contributed by atoms with Crippen LogP contribution < -0.4 is 0 Å². The summed E-state index contributed by atoms with van der Waals surface area (Å²) in [6.45, 7) is 2.19. The summed E-state index contributed by atoms with van der Waals surface area (Å²) >= 11 is 12.9. The Hall–Kier alpha value is -2.51. The summed E-state index contributed by atoms with van der Waals surface area (Å²) in [5.41, 5.74) is 3.89. The number of carbonyl (C=O) groups is 2. The number of carbonyl (C=O) groups excluding carboxylic acids is 2. The van der Waals surface area contributed by atoms with Crippen LogP contribution in [-0.4, -0.2) is 56.5 Å². The molecule has 1 fully saturated rings. The lowest BCUT2D eigenvalue weighted by Gasteiger charge is -2.35. The molecule has 1 atom stereocenters. The van der Waals surface area contributed by atoms with Crippen molar-refractivity contribution in [3.63, 3.8) is 0 Å². The molecule has 0 bridgehead atoms.